The van der Waals surface area contributed by atoms with Crippen molar-refractivity contribution in [2.45, 2.75) is 0 Å². The maximum atomic E-state index is 13.6. The number of nitrogens with one attached hydrogen (secondary N) is 1. The number of halogens is 3. The molecule has 0 radical (unpaired) electrons. The van der Waals surface area contributed by atoms with E-state index in [0.29, 0.717) is 5.69 Å². The van der Waals surface area contributed by atoms with Gasteiger partial charge in [0.05, 0.1) is 23.2 Å². The number of amides is 1. The first-order valence-corrected chi connectivity index (χ1v) is 10.2. The minimum atomic E-state index is -3.69. The average Bonchev–Trinajstić information content (AvgIpc) is 2.55. The van der Waals surface area contributed by atoms with Gasteiger partial charge in [0.2, 0.25) is 10.0 Å². The molecule has 0 aliphatic rings. The zero-order valence-corrected chi connectivity index (χ0v) is 16.6. The third-order valence-corrected chi connectivity index (χ3v) is 5.18. The third-order valence-electron chi connectivity index (χ3n) is 3.18. The largest absolute Gasteiger partial charge is 0.271 e. The van der Waals surface area contributed by atoms with Crippen molar-refractivity contribution in [1.82, 2.24) is 5.43 Å². The molecule has 6 nitrogen and oxygen atoms in total. The Hall–Kier alpha value is -1.97. The lowest BCUT2D eigenvalue weighted by molar-refractivity contribution is -0.119. The van der Waals surface area contributed by atoms with E-state index in [-0.39, 0.29) is 10.6 Å². The maximum Gasteiger partial charge on any atom is 0.260 e. The fourth-order valence-electron chi connectivity index (χ4n) is 1.98. The highest BCUT2D eigenvalue weighted by Gasteiger charge is 2.20. The van der Waals surface area contributed by atoms with Gasteiger partial charge in [-0.1, -0.05) is 33.6 Å². The highest BCUT2D eigenvalue weighted by Crippen LogP contribution is 2.20. The lowest BCUT2D eigenvalue weighted by Gasteiger charge is -2.21. The first kappa shape index (κ1) is 20.3. The highest BCUT2D eigenvalue weighted by molar-refractivity contribution is 9.10. The summed E-state index contributed by atoms with van der Waals surface area (Å²) in [6.07, 6.45) is 2.05. The topological polar surface area (TPSA) is 78.8 Å². The number of carbonyl (C=O) groups is 1. The summed E-state index contributed by atoms with van der Waals surface area (Å²) in [5.41, 5.74) is 2.50. The van der Waals surface area contributed by atoms with Crippen molar-refractivity contribution in [1.29, 1.82) is 0 Å². The second-order valence-corrected chi connectivity index (χ2v) is 8.40. The molecule has 2 aromatic carbocycles. The predicted octanol–water partition coefficient (Wildman–Crippen LogP) is 3.16. The summed E-state index contributed by atoms with van der Waals surface area (Å²) >= 11 is 9.10. The lowest BCUT2D eigenvalue weighted by atomic mass is 10.2. The van der Waals surface area contributed by atoms with Crippen LogP contribution in [0.15, 0.2) is 52.0 Å². The SMILES string of the molecule is CS(=O)(=O)N(CC(=O)N/N=C\c1c(F)cccc1Cl)c1ccc(Br)cc1. The van der Waals surface area contributed by atoms with Crippen LogP contribution in [0.5, 0.6) is 0 Å². The molecule has 0 aromatic heterocycles. The van der Waals surface area contributed by atoms with Gasteiger partial charge in [-0.05, 0) is 36.4 Å². The van der Waals surface area contributed by atoms with Crippen LogP contribution in [0.4, 0.5) is 10.1 Å². The Bertz CT molecular complexity index is 916. The molecule has 0 saturated heterocycles. The molecule has 0 bridgehead atoms. The summed E-state index contributed by atoms with van der Waals surface area (Å²) in [6.45, 7) is -0.483. The van der Waals surface area contributed by atoms with Crippen molar-refractivity contribution in [2.24, 2.45) is 5.10 Å². The Morgan fingerprint density at radius 1 is 1.31 bits per heavy atom. The second kappa shape index (κ2) is 8.61. The predicted molar refractivity (Wildman–Crippen MR) is 103 cm³/mol. The normalized spacial score (nSPS) is 11.5. The van der Waals surface area contributed by atoms with Crippen LogP contribution in [0.1, 0.15) is 5.56 Å². The summed E-state index contributed by atoms with van der Waals surface area (Å²) in [6, 6.07) is 10.5. The fourth-order valence-corrected chi connectivity index (χ4v) is 3.31. The van der Waals surface area contributed by atoms with Gasteiger partial charge >= 0.3 is 0 Å². The zero-order valence-electron chi connectivity index (χ0n) is 13.5. The van der Waals surface area contributed by atoms with Gasteiger partial charge in [0.15, 0.2) is 0 Å². The fraction of sp³-hybridized carbons (Fsp3) is 0.125. The van der Waals surface area contributed by atoms with Crippen LogP contribution in [0.2, 0.25) is 5.02 Å². The number of hydrazone groups is 1. The van der Waals surface area contributed by atoms with Crippen LogP contribution in [0, 0.1) is 5.82 Å². The number of hydrogen-bond acceptors (Lipinski definition) is 4. The highest BCUT2D eigenvalue weighted by atomic mass is 79.9. The molecule has 10 heteroatoms. The number of carbonyl (C=O) groups excluding carboxylic acids is 1. The van der Waals surface area contributed by atoms with E-state index in [0.717, 1.165) is 21.2 Å². The number of anilines is 1. The molecule has 0 spiro atoms. The minimum Gasteiger partial charge on any atom is -0.271 e. The molecule has 0 unspecified atom stereocenters. The van der Waals surface area contributed by atoms with E-state index in [1.165, 1.54) is 18.2 Å². The summed E-state index contributed by atoms with van der Waals surface area (Å²) in [5.74, 6) is -1.29. The van der Waals surface area contributed by atoms with Crippen molar-refractivity contribution >= 4 is 55.4 Å². The standard InChI is InChI=1S/C16H14BrClFN3O3S/c1-26(24,25)22(12-7-5-11(17)6-8-12)10-16(23)21-20-9-13-14(18)3-2-4-15(13)19/h2-9H,10H2,1H3,(H,21,23)/b20-9-. The Balaban J connectivity index is 2.11. The van der Waals surface area contributed by atoms with Gasteiger partial charge in [-0.2, -0.15) is 5.10 Å². The first-order valence-electron chi connectivity index (χ1n) is 7.17. The quantitative estimate of drug-likeness (QED) is 0.529. The van der Waals surface area contributed by atoms with Gasteiger partial charge in [-0.15, -0.1) is 0 Å². The van der Waals surface area contributed by atoms with Crippen molar-refractivity contribution < 1.29 is 17.6 Å². The molecule has 1 amide bonds. The summed E-state index contributed by atoms with van der Waals surface area (Å²) in [4.78, 5) is 12.0. The molecule has 0 atom stereocenters. The summed E-state index contributed by atoms with van der Waals surface area (Å²) in [5, 5.41) is 3.76. The molecule has 1 N–H and O–H groups in total. The number of rotatable bonds is 6. The van der Waals surface area contributed by atoms with Crippen LogP contribution >= 0.6 is 27.5 Å². The molecule has 0 aliphatic carbocycles. The Morgan fingerprint density at radius 2 is 1.96 bits per heavy atom. The third kappa shape index (κ3) is 5.52. The van der Waals surface area contributed by atoms with Gasteiger partial charge in [0, 0.05) is 10.0 Å². The Labute approximate surface area is 163 Å². The van der Waals surface area contributed by atoms with Crippen molar-refractivity contribution in [3.8, 4) is 0 Å². The lowest BCUT2D eigenvalue weighted by Crippen LogP contribution is -2.39. The molecule has 0 fully saturated rings. The van der Waals surface area contributed by atoms with E-state index in [1.54, 1.807) is 24.3 Å². The molecule has 0 saturated carbocycles. The van der Waals surface area contributed by atoms with E-state index >= 15 is 0 Å². The number of benzene rings is 2. The zero-order chi connectivity index (χ0) is 19.3. The molecular weight excluding hydrogens is 449 g/mol. The molecular formula is C16H14BrClFN3O3S. The summed E-state index contributed by atoms with van der Waals surface area (Å²) in [7, 11) is -3.69. The average molecular weight is 463 g/mol. The van der Waals surface area contributed by atoms with Gasteiger partial charge in [0.1, 0.15) is 12.4 Å². The van der Waals surface area contributed by atoms with Crippen LogP contribution in [-0.4, -0.2) is 33.3 Å². The van der Waals surface area contributed by atoms with E-state index in [9.17, 15) is 17.6 Å². The van der Waals surface area contributed by atoms with E-state index in [4.69, 9.17) is 11.6 Å². The van der Waals surface area contributed by atoms with Gasteiger partial charge in [-0.3, -0.25) is 9.10 Å². The summed E-state index contributed by atoms with van der Waals surface area (Å²) < 4.78 is 39.2. The van der Waals surface area contributed by atoms with Crippen LogP contribution in [0.3, 0.4) is 0 Å². The molecule has 0 aliphatic heterocycles. The van der Waals surface area contributed by atoms with Gasteiger partial charge in [-0.25, -0.2) is 18.2 Å². The van der Waals surface area contributed by atoms with Crippen molar-refractivity contribution in [3.05, 3.63) is 63.3 Å². The maximum absolute atomic E-state index is 13.6. The number of hydrogen-bond donors (Lipinski definition) is 1. The number of nitrogens with zero attached hydrogens (tertiary/aromatic N) is 2. The van der Waals surface area contributed by atoms with E-state index < -0.39 is 28.3 Å². The molecule has 138 valence electrons. The minimum absolute atomic E-state index is 0.0161. The van der Waals surface area contributed by atoms with Crippen LogP contribution in [0.25, 0.3) is 0 Å². The molecule has 2 rings (SSSR count). The van der Waals surface area contributed by atoms with Gasteiger partial charge in [0.25, 0.3) is 5.91 Å². The smallest absolute Gasteiger partial charge is 0.260 e. The van der Waals surface area contributed by atoms with Crippen LogP contribution in [-0.2, 0) is 14.8 Å². The van der Waals surface area contributed by atoms with Gasteiger partial charge < -0.3 is 0 Å². The Morgan fingerprint density at radius 3 is 2.54 bits per heavy atom. The monoisotopic (exact) mass is 461 g/mol. The Kier molecular flexibility index (Phi) is 6.74. The van der Waals surface area contributed by atoms with Crippen molar-refractivity contribution in [3.63, 3.8) is 0 Å². The first-order chi connectivity index (χ1) is 12.2. The van der Waals surface area contributed by atoms with E-state index in [2.05, 4.69) is 26.5 Å². The molecule has 2 aromatic rings. The second-order valence-electron chi connectivity index (χ2n) is 5.17. The van der Waals surface area contributed by atoms with Crippen LogP contribution < -0.4 is 9.73 Å². The molecule has 26 heavy (non-hydrogen) atoms. The number of sulfonamides is 1. The van der Waals surface area contributed by atoms with Crippen molar-refractivity contribution in [2.75, 3.05) is 17.1 Å². The van der Waals surface area contributed by atoms with E-state index in [1.807, 2.05) is 0 Å². The molecule has 0 heterocycles.